The molecule has 0 aromatic rings. The van der Waals surface area contributed by atoms with Gasteiger partial charge in [0.15, 0.2) is 0 Å². The van der Waals surface area contributed by atoms with Crippen LogP contribution in [0.4, 0.5) is 0 Å². The van der Waals surface area contributed by atoms with Crippen molar-refractivity contribution in [3.63, 3.8) is 0 Å². The van der Waals surface area contributed by atoms with Gasteiger partial charge in [0, 0.05) is 0 Å². The first-order chi connectivity index (χ1) is 19.5. The Kier molecular flexibility index (Phi) is 23.6. The third-order valence-corrected chi connectivity index (χ3v) is 15.9. The summed E-state index contributed by atoms with van der Waals surface area (Å²) < 4.78 is 23.3. The van der Waals surface area contributed by atoms with Crippen LogP contribution in [0.3, 0.4) is 0 Å². The Morgan fingerprint density at radius 2 is 0.829 bits per heavy atom. The molecule has 8 nitrogen and oxygen atoms in total. The van der Waals surface area contributed by atoms with Crippen LogP contribution in [0.2, 0.25) is 8.87 Å². The molecule has 0 saturated carbocycles. The van der Waals surface area contributed by atoms with Crippen LogP contribution in [-0.4, -0.2) is 56.3 Å². The van der Waals surface area contributed by atoms with E-state index in [-0.39, 0.29) is 25.0 Å². The Hall–Kier alpha value is -1.84. The summed E-state index contributed by atoms with van der Waals surface area (Å²) in [5, 5.41) is 0. The molecular weight excluding hydrogens is 631 g/mol. The van der Waals surface area contributed by atoms with E-state index in [1.165, 1.54) is 12.8 Å². The molecule has 0 atom stereocenters. The van der Waals surface area contributed by atoms with E-state index >= 15 is 0 Å². The average Bonchev–Trinajstić information content (AvgIpc) is 2.92. The summed E-state index contributed by atoms with van der Waals surface area (Å²) in [6, 6.07) is 0. The molecule has 0 aromatic carbocycles. The molecule has 0 fully saturated rings. The zero-order chi connectivity index (χ0) is 30.9. The molecule has 9 heteroatoms. The van der Waals surface area contributed by atoms with Crippen LogP contribution in [0, 0.1) is 11.8 Å². The van der Waals surface area contributed by atoms with Crippen molar-refractivity contribution in [1.82, 2.24) is 0 Å². The maximum atomic E-state index is 12.9. The quantitative estimate of drug-likeness (QED) is 0.0439. The van der Waals surface area contributed by atoms with Crippen LogP contribution >= 0.6 is 0 Å². The molecule has 236 valence electrons. The van der Waals surface area contributed by atoms with Crippen molar-refractivity contribution in [2.45, 2.75) is 127 Å². The summed E-state index contributed by atoms with van der Waals surface area (Å²) in [4.78, 5) is 49.8. The zero-order valence-electron chi connectivity index (χ0n) is 26.5. The van der Waals surface area contributed by atoms with Gasteiger partial charge in [0.1, 0.15) is 0 Å². The molecule has 41 heavy (non-hydrogen) atoms. The molecule has 0 bridgehead atoms. The number of hydrogen-bond acceptors (Lipinski definition) is 8. The number of carbonyl (C=O) groups is 4. The van der Waals surface area contributed by atoms with Gasteiger partial charge in [-0.05, 0) is 0 Å². The van der Waals surface area contributed by atoms with Gasteiger partial charge in [0.25, 0.3) is 0 Å². The summed E-state index contributed by atoms with van der Waals surface area (Å²) in [5.41, 5.74) is 0. The van der Waals surface area contributed by atoms with Crippen LogP contribution in [-0.2, 0) is 34.8 Å². The van der Waals surface area contributed by atoms with Crippen LogP contribution in [0.1, 0.15) is 119 Å². The molecule has 0 aliphatic heterocycles. The van der Waals surface area contributed by atoms with Gasteiger partial charge in [-0.2, -0.15) is 0 Å². The van der Waals surface area contributed by atoms with Gasteiger partial charge < -0.3 is 0 Å². The topological polar surface area (TPSA) is 105 Å². The Morgan fingerprint density at radius 1 is 0.512 bits per heavy atom. The first-order valence-electron chi connectivity index (χ1n) is 15.7. The van der Waals surface area contributed by atoms with Crippen molar-refractivity contribution in [1.29, 1.82) is 0 Å². The van der Waals surface area contributed by atoms with Crippen LogP contribution in [0.25, 0.3) is 0 Å². The summed E-state index contributed by atoms with van der Waals surface area (Å²) in [6.45, 7) is 12.5. The van der Waals surface area contributed by atoms with E-state index < -0.39 is 43.1 Å². The van der Waals surface area contributed by atoms with E-state index in [4.69, 9.17) is 15.6 Å². The summed E-state index contributed by atoms with van der Waals surface area (Å²) in [7, 11) is 0. The molecule has 0 aliphatic rings. The molecule has 0 aromatic heterocycles. The predicted octanol–water partition coefficient (Wildman–Crippen LogP) is 7.75. The van der Waals surface area contributed by atoms with Crippen molar-refractivity contribution in [3.8, 4) is 0 Å². The number of ether oxygens (including phenoxy) is 2. The number of carbonyl (C=O) groups excluding carboxylic acids is 4. The van der Waals surface area contributed by atoms with Gasteiger partial charge in [-0.15, -0.1) is 0 Å². The van der Waals surface area contributed by atoms with Crippen molar-refractivity contribution in [2.75, 3.05) is 13.2 Å². The second-order valence-electron chi connectivity index (χ2n) is 11.5. The minimum atomic E-state index is -4.34. The van der Waals surface area contributed by atoms with Crippen molar-refractivity contribution in [3.05, 3.63) is 24.3 Å². The first-order valence-corrected chi connectivity index (χ1v) is 22.1. The Morgan fingerprint density at radius 3 is 1.17 bits per heavy atom. The number of hydrogen-bond donors (Lipinski definition) is 0. The number of rotatable bonds is 24. The van der Waals surface area contributed by atoms with E-state index in [0.29, 0.717) is 8.87 Å². The van der Waals surface area contributed by atoms with Crippen molar-refractivity contribution >= 4 is 43.1 Å². The second kappa shape index (κ2) is 24.7. The standard InChI is InChI=1S/2C8H12O4.2C8H17.Sn/c2*1-6(2)5-12-8(11)4-3-7(9)10;2*1-3-5-7-8-6-4-2;/h2*3-4,6H,5H2,1-2H3,(H,9,10);2*1,3-8H2,2H3;/q;;;;+2/p-2/b2*4-3-;;;. The van der Waals surface area contributed by atoms with Crippen molar-refractivity contribution < 1.29 is 34.8 Å². The van der Waals surface area contributed by atoms with Crippen molar-refractivity contribution in [2.24, 2.45) is 11.8 Å². The van der Waals surface area contributed by atoms with Crippen LogP contribution < -0.4 is 0 Å². The fraction of sp³-hybridized carbons (Fsp3) is 0.750. The normalized spacial score (nSPS) is 11.9. The molecule has 0 spiro atoms. The fourth-order valence-corrected chi connectivity index (χ4v) is 13.0. The van der Waals surface area contributed by atoms with Gasteiger partial charge in [0.05, 0.1) is 0 Å². The Labute approximate surface area is 253 Å². The predicted molar refractivity (Wildman–Crippen MR) is 164 cm³/mol. The first kappa shape index (κ1) is 39.2. The maximum absolute atomic E-state index is 12.9. The second-order valence-corrected chi connectivity index (χ2v) is 20.7. The monoisotopic (exact) mass is 688 g/mol. The molecular formula is C32H56O8Sn. The van der Waals surface area contributed by atoms with E-state index in [9.17, 15) is 19.2 Å². The molecule has 0 radical (unpaired) electrons. The third-order valence-electron chi connectivity index (χ3n) is 6.22. The van der Waals surface area contributed by atoms with Gasteiger partial charge in [-0.1, -0.05) is 0 Å². The summed E-state index contributed by atoms with van der Waals surface area (Å²) >= 11 is -4.34. The fourth-order valence-electron chi connectivity index (χ4n) is 4.00. The molecule has 0 aliphatic carbocycles. The van der Waals surface area contributed by atoms with Gasteiger partial charge in [-0.25, -0.2) is 0 Å². The molecule has 0 heterocycles. The minimum absolute atomic E-state index is 0.174. The van der Waals surface area contributed by atoms with E-state index in [1.54, 1.807) is 0 Å². The average molecular weight is 688 g/mol. The molecule has 0 saturated heterocycles. The zero-order valence-corrected chi connectivity index (χ0v) is 29.4. The van der Waals surface area contributed by atoms with E-state index in [1.807, 2.05) is 27.7 Å². The van der Waals surface area contributed by atoms with Gasteiger partial charge in [-0.3, -0.25) is 0 Å². The molecule has 0 amide bonds. The van der Waals surface area contributed by atoms with E-state index in [2.05, 4.69) is 13.8 Å². The number of esters is 2. The molecule has 0 rings (SSSR count). The molecule has 0 unspecified atom stereocenters. The van der Waals surface area contributed by atoms with E-state index in [0.717, 1.165) is 88.5 Å². The van der Waals surface area contributed by atoms with Crippen LogP contribution in [0.5, 0.6) is 0 Å². The third kappa shape index (κ3) is 23.4. The van der Waals surface area contributed by atoms with Gasteiger partial charge >= 0.3 is 255 Å². The SMILES string of the molecule is CCCCCCC[CH2][Sn]([CH2]CCCCCCC)([O]C(=O)/C=C\C(=O)OCC(C)C)[O]C(=O)/C=C\C(=O)OCC(C)C. The summed E-state index contributed by atoms with van der Waals surface area (Å²) in [5.74, 6) is -2.30. The Bertz CT molecular complexity index is 738. The summed E-state index contributed by atoms with van der Waals surface area (Å²) in [6.07, 6.45) is 16.8. The Balaban J connectivity index is 5.69. The molecule has 0 N–H and O–H groups in total. The number of unbranched alkanes of at least 4 members (excludes halogenated alkanes) is 10. The van der Waals surface area contributed by atoms with Crippen LogP contribution in [0.15, 0.2) is 24.3 Å². The van der Waals surface area contributed by atoms with Gasteiger partial charge in [0.2, 0.25) is 0 Å².